The van der Waals surface area contributed by atoms with Crippen molar-refractivity contribution in [3.8, 4) is 17.1 Å². The Kier molecular flexibility index (Phi) is 5.73. The van der Waals surface area contributed by atoms with Crippen molar-refractivity contribution in [3.63, 3.8) is 0 Å². The van der Waals surface area contributed by atoms with E-state index in [0.717, 1.165) is 47.3 Å². The molecule has 5 aromatic rings. The molecule has 1 amide bonds. The molecule has 1 unspecified atom stereocenters. The average Bonchev–Trinajstić information content (AvgIpc) is 3.40. The van der Waals surface area contributed by atoms with Crippen LogP contribution in [0.2, 0.25) is 0 Å². The first-order valence-electron chi connectivity index (χ1n) is 13.2. The molecule has 40 heavy (non-hydrogen) atoms. The van der Waals surface area contributed by atoms with Crippen molar-refractivity contribution < 1.29 is 9.18 Å². The monoisotopic (exact) mass is 532 g/mol. The molecule has 4 N–H and O–H groups in total. The second kappa shape index (κ2) is 9.57. The molecule has 1 atom stereocenters. The summed E-state index contributed by atoms with van der Waals surface area (Å²) in [5.74, 6) is 0.119. The Labute approximate surface area is 229 Å². The maximum absolute atomic E-state index is 13.8. The van der Waals surface area contributed by atoms with Gasteiger partial charge in [-0.05, 0) is 84.3 Å². The third kappa shape index (κ3) is 4.33. The maximum atomic E-state index is 13.8. The summed E-state index contributed by atoms with van der Waals surface area (Å²) in [7, 11) is 0. The number of carbonyl (C=O) groups is 1. The summed E-state index contributed by atoms with van der Waals surface area (Å²) < 4.78 is 15.2. The van der Waals surface area contributed by atoms with Crippen LogP contribution in [0.15, 0.2) is 72.8 Å². The smallest absolute Gasteiger partial charge is 0.248 e. The summed E-state index contributed by atoms with van der Waals surface area (Å²) in [4.78, 5) is 16.8. The van der Waals surface area contributed by atoms with Crippen molar-refractivity contribution >= 4 is 29.2 Å². The molecule has 0 fully saturated rings. The molecule has 0 bridgehead atoms. The molecule has 9 nitrogen and oxygen atoms in total. The van der Waals surface area contributed by atoms with E-state index < -0.39 is 5.92 Å². The van der Waals surface area contributed by atoms with Gasteiger partial charge in [0.05, 0.1) is 11.6 Å². The van der Waals surface area contributed by atoms with Crippen LogP contribution in [0, 0.1) is 5.82 Å². The number of aromatic nitrogens is 5. The molecule has 7 rings (SSSR count). The Hall–Kier alpha value is -5.12. The normalized spacial score (nSPS) is 15.5. The zero-order chi connectivity index (χ0) is 27.2. The average molecular weight is 533 g/mol. The van der Waals surface area contributed by atoms with Gasteiger partial charge < -0.3 is 16.4 Å². The highest BCUT2D eigenvalue weighted by molar-refractivity contribution is 6.03. The number of nitrogen functional groups attached to an aromatic ring is 1. The predicted octanol–water partition coefficient (Wildman–Crippen LogP) is 4.96. The van der Waals surface area contributed by atoms with Gasteiger partial charge >= 0.3 is 0 Å². The fourth-order valence-electron chi connectivity index (χ4n) is 5.51. The Bertz CT molecular complexity index is 1760. The van der Waals surface area contributed by atoms with E-state index in [2.05, 4.69) is 49.1 Å². The number of nitrogens with one attached hydrogen (secondary N) is 2. The van der Waals surface area contributed by atoms with E-state index in [1.807, 2.05) is 36.4 Å². The van der Waals surface area contributed by atoms with Gasteiger partial charge in [0, 0.05) is 16.9 Å². The number of anilines is 4. The van der Waals surface area contributed by atoms with Crippen LogP contribution in [0.25, 0.3) is 17.1 Å². The third-order valence-corrected chi connectivity index (χ3v) is 7.49. The molecule has 3 heterocycles. The number of rotatable bonds is 5. The predicted molar refractivity (Wildman–Crippen MR) is 150 cm³/mol. The maximum Gasteiger partial charge on any atom is 0.248 e. The largest absolute Gasteiger partial charge is 0.368 e. The Balaban J connectivity index is 1.08. The van der Waals surface area contributed by atoms with Crippen LogP contribution in [-0.2, 0) is 24.1 Å². The van der Waals surface area contributed by atoms with Gasteiger partial charge in [-0.3, -0.25) is 4.79 Å². The Morgan fingerprint density at radius 2 is 1.82 bits per heavy atom. The van der Waals surface area contributed by atoms with Crippen LogP contribution in [0.1, 0.15) is 34.6 Å². The van der Waals surface area contributed by atoms with Gasteiger partial charge in [-0.1, -0.05) is 36.4 Å². The van der Waals surface area contributed by atoms with Crippen molar-refractivity contribution in [1.82, 2.24) is 25.0 Å². The van der Waals surface area contributed by atoms with Crippen molar-refractivity contribution in [2.24, 2.45) is 0 Å². The number of hydrogen-bond acceptors (Lipinski definition) is 7. The van der Waals surface area contributed by atoms with Crippen LogP contribution in [0.5, 0.6) is 0 Å². The molecular weight excluding hydrogens is 507 g/mol. The lowest BCUT2D eigenvalue weighted by Crippen LogP contribution is -2.14. The highest BCUT2D eigenvalue weighted by atomic mass is 19.1. The number of halogens is 1. The van der Waals surface area contributed by atoms with Gasteiger partial charge in [-0.2, -0.15) is 9.67 Å². The minimum Gasteiger partial charge on any atom is -0.368 e. The number of amides is 1. The summed E-state index contributed by atoms with van der Waals surface area (Å²) >= 11 is 0. The number of benzene rings is 3. The van der Waals surface area contributed by atoms with Gasteiger partial charge in [-0.15, -0.1) is 15.3 Å². The minimum absolute atomic E-state index is 0.127. The van der Waals surface area contributed by atoms with Crippen molar-refractivity contribution in [3.05, 3.63) is 101 Å². The van der Waals surface area contributed by atoms with Crippen molar-refractivity contribution in [2.45, 2.75) is 31.6 Å². The lowest BCUT2D eigenvalue weighted by molar-refractivity contribution is -0.117. The summed E-state index contributed by atoms with van der Waals surface area (Å²) in [6.45, 7) is 0. The molecule has 0 spiro atoms. The van der Waals surface area contributed by atoms with Crippen LogP contribution in [-0.4, -0.2) is 30.9 Å². The molecule has 2 aliphatic rings. The first kappa shape index (κ1) is 24.0. The van der Waals surface area contributed by atoms with E-state index in [-0.39, 0.29) is 17.7 Å². The molecule has 198 valence electrons. The van der Waals surface area contributed by atoms with Crippen molar-refractivity contribution in [2.75, 3.05) is 16.4 Å². The second-order valence-electron chi connectivity index (χ2n) is 10.1. The molecular formula is C30H25FN8O. The molecule has 3 aromatic carbocycles. The van der Waals surface area contributed by atoms with Gasteiger partial charge in [0.1, 0.15) is 5.82 Å². The Morgan fingerprint density at radius 1 is 1.00 bits per heavy atom. The van der Waals surface area contributed by atoms with Crippen LogP contribution < -0.4 is 16.4 Å². The summed E-state index contributed by atoms with van der Waals surface area (Å²) in [6, 6.07) is 22.3. The van der Waals surface area contributed by atoms with Gasteiger partial charge in [0.25, 0.3) is 0 Å². The third-order valence-electron chi connectivity index (χ3n) is 7.49. The second-order valence-corrected chi connectivity index (χ2v) is 10.1. The fourth-order valence-corrected chi connectivity index (χ4v) is 5.51. The van der Waals surface area contributed by atoms with E-state index in [1.54, 1.807) is 6.07 Å². The first-order valence-corrected chi connectivity index (χ1v) is 13.2. The van der Waals surface area contributed by atoms with E-state index >= 15 is 0 Å². The van der Waals surface area contributed by atoms with E-state index in [9.17, 15) is 9.18 Å². The molecule has 2 aromatic heterocycles. The van der Waals surface area contributed by atoms with Gasteiger partial charge in [-0.25, -0.2) is 4.39 Å². The zero-order valence-corrected chi connectivity index (χ0v) is 21.4. The molecule has 0 saturated carbocycles. The van der Waals surface area contributed by atoms with E-state index in [0.29, 0.717) is 29.4 Å². The highest BCUT2D eigenvalue weighted by Gasteiger charge is 2.31. The van der Waals surface area contributed by atoms with Crippen LogP contribution in [0.3, 0.4) is 0 Å². The van der Waals surface area contributed by atoms with Gasteiger partial charge in [0.2, 0.25) is 17.8 Å². The molecule has 0 radical (unpaired) electrons. The number of aryl methyl sites for hydroxylation is 2. The molecule has 10 heteroatoms. The number of hydrogen-bond donors (Lipinski definition) is 3. The topological polar surface area (TPSA) is 124 Å². The quantitative estimate of drug-likeness (QED) is 0.292. The summed E-state index contributed by atoms with van der Waals surface area (Å²) in [5, 5.41) is 19.5. The van der Waals surface area contributed by atoms with E-state index in [4.69, 9.17) is 5.73 Å². The fraction of sp³-hybridized carbons (Fsp3) is 0.167. The summed E-state index contributed by atoms with van der Waals surface area (Å²) in [6.07, 6.45) is 3.38. The molecule has 1 aliphatic carbocycles. The minimum atomic E-state index is -0.433. The highest BCUT2D eigenvalue weighted by Crippen LogP contribution is 2.35. The van der Waals surface area contributed by atoms with Gasteiger partial charge in [0.15, 0.2) is 5.82 Å². The number of fused-ring (bicyclic) bond motifs is 4. The first-order chi connectivity index (χ1) is 19.5. The molecule has 0 saturated heterocycles. The number of nitrogens with two attached hydrogens (primary N) is 1. The Morgan fingerprint density at radius 3 is 2.70 bits per heavy atom. The summed E-state index contributed by atoms with van der Waals surface area (Å²) in [5.41, 5.74) is 13.7. The van der Waals surface area contributed by atoms with Crippen LogP contribution in [0.4, 0.5) is 27.7 Å². The number of carbonyl (C=O) groups excluding carboxylic acids is 1. The lowest BCUT2D eigenvalue weighted by Gasteiger charge is -2.10. The SMILES string of the molecule is Nc1nc(Nc2ccc(CC3C(=O)Nc4ccc(F)cc43)cc2)nn1-c1cc2c(nn1)-c1ccccc1CCC2. The van der Waals surface area contributed by atoms with Crippen LogP contribution >= 0.6 is 0 Å². The van der Waals surface area contributed by atoms with E-state index in [1.165, 1.54) is 22.4 Å². The molecule has 1 aliphatic heterocycles. The zero-order valence-electron chi connectivity index (χ0n) is 21.4. The standard InChI is InChI=1S/C30H25FN8O/c31-20-10-13-25-23(16-20)24(28(40)34-25)14-17-8-11-21(12-9-17)33-30-35-29(32)39(38-30)26-15-19-6-3-5-18-4-1-2-7-22(18)27(19)37-36-26/h1-2,4,7-13,15-16,24H,3,5-6,14H2,(H,34,40)(H3,32,33,35,38). The number of nitrogens with zero attached hydrogens (tertiary/aromatic N) is 5. The van der Waals surface area contributed by atoms with Crippen molar-refractivity contribution in [1.29, 1.82) is 0 Å². The lowest BCUT2D eigenvalue weighted by atomic mass is 9.93.